The molecule has 1 aliphatic carbocycles. The Hall–Kier alpha value is -3.84. The summed E-state index contributed by atoms with van der Waals surface area (Å²) in [7, 11) is 1.53. The lowest BCUT2D eigenvalue weighted by molar-refractivity contribution is -0.271. The molecule has 14 heteroatoms. The molecule has 3 heterocycles. The van der Waals surface area contributed by atoms with Gasteiger partial charge in [-0.25, -0.2) is 19.6 Å². The van der Waals surface area contributed by atoms with E-state index in [1.54, 1.807) is 45.9 Å². The van der Waals surface area contributed by atoms with Crippen LogP contribution in [0.5, 0.6) is 11.6 Å². The van der Waals surface area contributed by atoms with Crippen molar-refractivity contribution in [1.29, 1.82) is 0 Å². The number of ether oxygens (including phenoxy) is 3. The summed E-state index contributed by atoms with van der Waals surface area (Å²) in [6.45, 7) is 6.57. The van der Waals surface area contributed by atoms with Crippen molar-refractivity contribution in [2.45, 2.75) is 115 Å². The number of carbonyl (C=O) groups excluding carboxylic acids is 2. The van der Waals surface area contributed by atoms with E-state index >= 15 is 0 Å². The number of hydrogen-bond donors (Lipinski definition) is 2. The number of aliphatic carboxylic acids is 1. The van der Waals surface area contributed by atoms with Crippen molar-refractivity contribution in [2.75, 3.05) is 13.7 Å². The zero-order chi connectivity index (χ0) is 35.0. The van der Waals surface area contributed by atoms with Crippen LogP contribution in [0.25, 0.3) is 11.0 Å². The van der Waals surface area contributed by atoms with E-state index < -0.39 is 65.2 Å². The molecule has 2 bridgehead atoms. The Morgan fingerprint density at radius 2 is 1.83 bits per heavy atom. The number of nitrogens with one attached hydrogen (secondary N) is 1. The number of carbonyl (C=O) groups is 3. The summed E-state index contributed by atoms with van der Waals surface area (Å²) < 4.78 is 61.5. The standard InChI is InChI=1S/C34H45F3N4O7/c1-6-21-25-18-41(26(21)30(43)44)29(42)27(32(2,3)4)40-31(45)48-33(34(35,36)37)16-10-12-19(33)11-8-7-9-13-23-28(47-25)39-24-17-20(46-5)14-15-22(24)38-23/h14-15,17,19,21,25-27H,6-13,16,18H2,1-5H3,(H,40,45)(H,43,44)/t19-,21?,25+,26+,27-,33?/m1/s1. The number of carboxylic acid groups (broad SMARTS) is 1. The van der Waals surface area contributed by atoms with Gasteiger partial charge in [0.25, 0.3) is 0 Å². The van der Waals surface area contributed by atoms with Crippen LogP contribution in [0.15, 0.2) is 18.2 Å². The lowest BCUT2D eigenvalue weighted by Gasteiger charge is -2.39. The molecular formula is C34H45F3N4O7. The monoisotopic (exact) mass is 678 g/mol. The van der Waals surface area contributed by atoms with Crippen molar-refractivity contribution in [3.63, 3.8) is 0 Å². The van der Waals surface area contributed by atoms with E-state index in [1.165, 1.54) is 7.11 Å². The highest BCUT2D eigenvalue weighted by atomic mass is 19.4. The first kappa shape index (κ1) is 35.5. The fourth-order valence-electron chi connectivity index (χ4n) is 7.59. The molecule has 2 unspecified atom stereocenters. The number of nitrogens with zero attached hydrogens (tertiary/aromatic N) is 3. The van der Waals surface area contributed by atoms with Crippen molar-refractivity contribution < 1.29 is 46.9 Å². The second kappa shape index (κ2) is 13.6. The van der Waals surface area contributed by atoms with Crippen LogP contribution in [0.4, 0.5) is 18.0 Å². The summed E-state index contributed by atoms with van der Waals surface area (Å²) in [6.07, 6.45) is -4.25. The maximum absolute atomic E-state index is 14.8. The normalized spacial score (nSPS) is 29.2. The van der Waals surface area contributed by atoms with E-state index in [1.807, 2.05) is 0 Å². The Morgan fingerprint density at radius 1 is 1.10 bits per heavy atom. The number of benzene rings is 1. The minimum atomic E-state index is -4.83. The van der Waals surface area contributed by atoms with Gasteiger partial charge in [-0.15, -0.1) is 0 Å². The SMILES string of the molecule is CCC1[C@@H]2CN(C(=O)[C@H](C(C)(C)C)NC(=O)OC3(C(F)(F)F)CCC[C@H]3CCCCCc3nc4ccc(OC)cc4nc3O2)[C@@H]1C(=O)O. The van der Waals surface area contributed by atoms with Crippen LogP contribution < -0.4 is 14.8 Å². The Labute approximate surface area is 277 Å². The molecule has 1 saturated carbocycles. The van der Waals surface area contributed by atoms with Gasteiger partial charge in [0.15, 0.2) is 0 Å². The van der Waals surface area contributed by atoms with Crippen molar-refractivity contribution in [1.82, 2.24) is 20.2 Å². The first-order valence-electron chi connectivity index (χ1n) is 16.7. The number of rotatable bonds is 3. The molecule has 1 aromatic carbocycles. The lowest BCUT2D eigenvalue weighted by atomic mass is 9.85. The van der Waals surface area contributed by atoms with Crippen LogP contribution in [-0.2, 0) is 20.7 Å². The summed E-state index contributed by atoms with van der Waals surface area (Å²) in [5, 5.41) is 12.8. The first-order valence-corrected chi connectivity index (χ1v) is 16.7. The number of carboxylic acids is 1. The maximum atomic E-state index is 14.8. The number of aromatic nitrogens is 2. The van der Waals surface area contributed by atoms with Gasteiger partial charge in [0, 0.05) is 17.9 Å². The molecule has 2 aliphatic heterocycles. The van der Waals surface area contributed by atoms with Gasteiger partial charge in [-0.1, -0.05) is 40.5 Å². The molecule has 2 aromatic rings. The highest BCUT2D eigenvalue weighted by Crippen LogP contribution is 2.51. The molecule has 2 amide bonds. The largest absolute Gasteiger partial charge is 0.497 e. The third kappa shape index (κ3) is 6.84. The average Bonchev–Trinajstić information content (AvgIpc) is 3.59. The molecule has 48 heavy (non-hydrogen) atoms. The van der Waals surface area contributed by atoms with Gasteiger partial charge < -0.3 is 29.5 Å². The quantitative estimate of drug-likeness (QED) is 0.396. The fraction of sp³-hybridized carbons (Fsp3) is 0.676. The fourth-order valence-corrected chi connectivity index (χ4v) is 7.59. The smallest absolute Gasteiger partial charge is 0.428 e. The molecule has 1 aromatic heterocycles. The molecule has 0 radical (unpaired) electrons. The molecule has 2 N–H and O–H groups in total. The Morgan fingerprint density at radius 3 is 2.48 bits per heavy atom. The molecule has 0 spiro atoms. The minimum Gasteiger partial charge on any atom is -0.497 e. The van der Waals surface area contributed by atoms with E-state index in [4.69, 9.17) is 24.2 Å². The number of amides is 2. The van der Waals surface area contributed by atoms with E-state index in [2.05, 4.69) is 5.32 Å². The van der Waals surface area contributed by atoms with Gasteiger partial charge in [-0.05, 0) is 62.5 Å². The minimum absolute atomic E-state index is 0.149. The molecule has 2 fully saturated rings. The second-order valence-electron chi connectivity index (χ2n) is 14.2. The number of methoxy groups -OCH3 is 1. The number of alkyl halides is 3. The zero-order valence-electron chi connectivity index (χ0n) is 28.1. The topological polar surface area (TPSA) is 140 Å². The maximum Gasteiger partial charge on any atom is 0.428 e. The van der Waals surface area contributed by atoms with Crippen LogP contribution in [0.3, 0.4) is 0 Å². The molecule has 6 atom stereocenters. The van der Waals surface area contributed by atoms with Gasteiger partial charge in [-0.2, -0.15) is 13.2 Å². The van der Waals surface area contributed by atoms with Crippen molar-refractivity contribution in [2.24, 2.45) is 17.3 Å². The average molecular weight is 679 g/mol. The van der Waals surface area contributed by atoms with Crippen molar-refractivity contribution >= 4 is 29.0 Å². The number of alkyl carbamates (subject to hydrolysis) is 1. The summed E-state index contributed by atoms with van der Waals surface area (Å²) in [6, 6.07) is 2.53. The lowest BCUT2D eigenvalue weighted by Crippen LogP contribution is -2.59. The van der Waals surface area contributed by atoms with E-state index in [-0.39, 0.29) is 38.1 Å². The van der Waals surface area contributed by atoms with E-state index in [0.717, 1.165) is 4.90 Å². The Bertz CT molecular complexity index is 1530. The van der Waals surface area contributed by atoms with Crippen LogP contribution >= 0.6 is 0 Å². The van der Waals surface area contributed by atoms with Gasteiger partial charge >= 0.3 is 18.2 Å². The van der Waals surface area contributed by atoms with Crippen LogP contribution in [-0.4, -0.2) is 81.6 Å². The molecule has 11 nitrogen and oxygen atoms in total. The summed E-state index contributed by atoms with van der Waals surface area (Å²) in [5.74, 6) is -2.85. The third-order valence-corrected chi connectivity index (χ3v) is 10.1. The van der Waals surface area contributed by atoms with E-state index in [0.29, 0.717) is 54.6 Å². The first-order chi connectivity index (χ1) is 22.6. The third-order valence-electron chi connectivity index (χ3n) is 10.1. The number of hydrogen-bond acceptors (Lipinski definition) is 8. The van der Waals surface area contributed by atoms with Gasteiger partial charge in [0.2, 0.25) is 17.4 Å². The summed E-state index contributed by atoms with van der Waals surface area (Å²) in [5.41, 5.74) is -2.06. The molecule has 5 rings (SSSR count). The number of fused-ring (bicyclic) bond motifs is 5. The molecule has 1 saturated heterocycles. The van der Waals surface area contributed by atoms with Gasteiger partial charge in [0.05, 0.1) is 24.7 Å². The molecule has 3 aliphatic rings. The van der Waals surface area contributed by atoms with Crippen molar-refractivity contribution in [3.05, 3.63) is 23.9 Å². The highest BCUT2D eigenvalue weighted by molar-refractivity contribution is 5.91. The predicted molar refractivity (Wildman–Crippen MR) is 169 cm³/mol. The summed E-state index contributed by atoms with van der Waals surface area (Å²) in [4.78, 5) is 51.0. The van der Waals surface area contributed by atoms with E-state index in [9.17, 15) is 32.7 Å². The Kier molecular flexibility index (Phi) is 10.0. The van der Waals surface area contributed by atoms with Crippen LogP contribution in [0.2, 0.25) is 0 Å². The molecule has 264 valence electrons. The van der Waals surface area contributed by atoms with Crippen molar-refractivity contribution in [3.8, 4) is 11.6 Å². The molecular weight excluding hydrogens is 633 g/mol. The zero-order valence-corrected chi connectivity index (χ0v) is 28.1. The predicted octanol–water partition coefficient (Wildman–Crippen LogP) is 6.07. The van der Waals surface area contributed by atoms with Crippen LogP contribution in [0.1, 0.15) is 84.8 Å². The number of aryl methyl sites for hydroxylation is 1. The highest BCUT2D eigenvalue weighted by Gasteiger charge is 2.64. The van der Waals surface area contributed by atoms with Crippen LogP contribution in [0, 0.1) is 17.3 Å². The second-order valence-corrected chi connectivity index (χ2v) is 14.2. The number of halogens is 3. The van der Waals surface area contributed by atoms with Gasteiger partial charge in [0.1, 0.15) is 29.6 Å². The summed E-state index contributed by atoms with van der Waals surface area (Å²) >= 11 is 0. The Balaban J connectivity index is 1.59. The van der Waals surface area contributed by atoms with Gasteiger partial charge in [-0.3, -0.25) is 4.79 Å².